The summed E-state index contributed by atoms with van der Waals surface area (Å²) in [6.07, 6.45) is 5.64. The second kappa shape index (κ2) is 6.39. The maximum atomic E-state index is 12.0. The summed E-state index contributed by atoms with van der Waals surface area (Å²) in [7, 11) is 0. The highest BCUT2D eigenvalue weighted by molar-refractivity contribution is 6.03. The molecule has 0 aliphatic carbocycles. The van der Waals surface area contributed by atoms with Gasteiger partial charge in [-0.05, 0) is 43.5 Å². The normalized spacial score (nSPS) is 14.8. The van der Waals surface area contributed by atoms with Gasteiger partial charge in [0, 0.05) is 18.7 Å². The van der Waals surface area contributed by atoms with E-state index in [1.54, 1.807) is 12.1 Å². The van der Waals surface area contributed by atoms with Gasteiger partial charge in [-0.25, -0.2) is 4.98 Å². The molecule has 0 atom stereocenters. The number of nitrogens with zero attached hydrogens (tertiary/aromatic N) is 2. The number of amides is 1. The van der Waals surface area contributed by atoms with Crippen LogP contribution in [0.25, 0.3) is 0 Å². The summed E-state index contributed by atoms with van der Waals surface area (Å²) in [6, 6.07) is 13.1. The number of nitrogens with one attached hydrogen (secondary N) is 1. The van der Waals surface area contributed by atoms with E-state index in [0.717, 1.165) is 18.8 Å². The van der Waals surface area contributed by atoms with Gasteiger partial charge < -0.3 is 10.2 Å². The molecule has 0 saturated carbocycles. The zero-order valence-electron chi connectivity index (χ0n) is 12.0. The van der Waals surface area contributed by atoms with E-state index in [2.05, 4.69) is 15.2 Å². The van der Waals surface area contributed by atoms with E-state index in [-0.39, 0.29) is 5.91 Å². The van der Waals surface area contributed by atoms with Gasteiger partial charge in [0.2, 0.25) is 0 Å². The predicted molar refractivity (Wildman–Crippen MR) is 84.7 cm³/mol. The Balaban J connectivity index is 1.65. The molecule has 1 N–H and O–H groups in total. The molecule has 1 aromatic heterocycles. The Morgan fingerprint density at radius 3 is 2.43 bits per heavy atom. The van der Waals surface area contributed by atoms with Gasteiger partial charge in [-0.15, -0.1) is 0 Å². The monoisotopic (exact) mass is 281 g/mol. The van der Waals surface area contributed by atoms with E-state index in [9.17, 15) is 4.79 Å². The summed E-state index contributed by atoms with van der Waals surface area (Å²) < 4.78 is 0. The van der Waals surface area contributed by atoms with E-state index >= 15 is 0 Å². The van der Waals surface area contributed by atoms with Crippen LogP contribution in [0.3, 0.4) is 0 Å². The second-order valence-electron chi connectivity index (χ2n) is 5.27. The number of carbonyl (C=O) groups is 1. The fourth-order valence-corrected chi connectivity index (χ4v) is 2.58. The van der Waals surface area contributed by atoms with E-state index < -0.39 is 0 Å². The summed E-state index contributed by atoms with van der Waals surface area (Å²) in [6.45, 7) is 2.19. The van der Waals surface area contributed by atoms with Crippen molar-refractivity contribution in [3.05, 3.63) is 54.2 Å². The van der Waals surface area contributed by atoms with E-state index in [1.165, 1.54) is 19.3 Å². The molecule has 4 nitrogen and oxygen atoms in total. The number of piperidine rings is 1. The highest BCUT2D eigenvalue weighted by Gasteiger charge is 2.11. The molecule has 0 spiro atoms. The molecule has 0 bridgehead atoms. The van der Waals surface area contributed by atoms with Crippen molar-refractivity contribution < 1.29 is 4.79 Å². The lowest BCUT2D eigenvalue weighted by Gasteiger charge is -2.28. The SMILES string of the molecule is O=C(Nc1ccc(N2CCCCC2)cn1)c1ccccc1. The quantitative estimate of drug-likeness (QED) is 0.938. The van der Waals surface area contributed by atoms with Crippen LogP contribution in [0.4, 0.5) is 11.5 Å². The van der Waals surface area contributed by atoms with Gasteiger partial charge in [0.15, 0.2) is 0 Å². The van der Waals surface area contributed by atoms with Crippen molar-refractivity contribution in [2.45, 2.75) is 19.3 Å². The lowest BCUT2D eigenvalue weighted by atomic mass is 10.1. The Labute approximate surface area is 124 Å². The number of hydrogen-bond donors (Lipinski definition) is 1. The molecule has 1 aliphatic heterocycles. The average Bonchev–Trinajstić information content (AvgIpc) is 2.57. The van der Waals surface area contributed by atoms with E-state index in [1.807, 2.05) is 36.5 Å². The first kappa shape index (κ1) is 13.6. The minimum Gasteiger partial charge on any atom is -0.370 e. The molecule has 0 radical (unpaired) electrons. The van der Waals surface area contributed by atoms with Crippen molar-refractivity contribution in [3.63, 3.8) is 0 Å². The Morgan fingerprint density at radius 2 is 1.76 bits per heavy atom. The number of pyridine rings is 1. The van der Waals surface area contributed by atoms with Crippen LogP contribution in [0.15, 0.2) is 48.7 Å². The third-order valence-electron chi connectivity index (χ3n) is 3.75. The third-order valence-corrected chi connectivity index (χ3v) is 3.75. The number of anilines is 2. The third kappa shape index (κ3) is 3.40. The predicted octanol–water partition coefficient (Wildman–Crippen LogP) is 3.32. The average molecular weight is 281 g/mol. The minimum absolute atomic E-state index is 0.131. The van der Waals surface area contributed by atoms with Gasteiger partial charge in [-0.1, -0.05) is 18.2 Å². The maximum absolute atomic E-state index is 12.0. The Morgan fingerprint density at radius 1 is 1.00 bits per heavy atom. The smallest absolute Gasteiger partial charge is 0.256 e. The second-order valence-corrected chi connectivity index (χ2v) is 5.27. The number of benzene rings is 1. The van der Waals surface area contributed by atoms with Crippen LogP contribution in [-0.4, -0.2) is 24.0 Å². The topological polar surface area (TPSA) is 45.2 Å². The Hall–Kier alpha value is -2.36. The fraction of sp³-hybridized carbons (Fsp3) is 0.294. The van der Waals surface area contributed by atoms with Crippen molar-refractivity contribution in [2.75, 3.05) is 23.3 Å². The molecule has 2 heterocycles. The van der Waals surface area contributed by atoms with Crippen LogP contribution in [0.2, 0.25) is 0 Å². The van der Waals surface area contributed by atoms with Gasteiger partial charge in [-0.3, -0.25) is 4.79 Å². The van der Waals surface area contributed by atoms with Gasteiger partial charge >= 0.3 is 0 Å². The van der Waals surface area contributed by atoms with Crippen LogP contribution < -0.4 is 10.2 Å². The van der Waals surface area contributed by atoms with Crippen LogP contribution in [0.1, 0.15) is 29.6 Å². The lowest BCUT2D eigenvalue weighted by molar-refractivity contribution is 0.102. The number of hydrogen-bond acceptors (Lipinski definition) is 3. The summed E-state index contributed by atoms with van der Waals surface area (Å²) in [5.74, 6) is 0.457. The largest absolute Gasteiger partial charge is 0.370 e. The first-order valence-electron chi connectivity index (χ1n) is 7.40. The Kier molecular flexibility index (Phi) is 4.15. The summed E-state index contributed by atoms with van der Waals surface area (Å²) >= 11 is 0. The summed E-state index contributed by atoms with van der Waals surface area (Å²) in [5, 5.41) is 2.82. The summed E-state index contributed by atoms with van der Waals surface area (Å²) in [5.41, 5.74) is 1.77. The van der Waals surface area contributed by atoms with Crippen molar-refractivity contribution in [1.82, 2.24) is 4.98 Å². The van der Waals surface area contributed by atoms with Gasteiger partial charge in [0.05, 0.1) is 11.9 Å². The molecule has 4 heteroatoms. The first-order valence-corrected chi connectivity index (χ1v) is 7.40. The van der Waals surface area contributed by atoms with Crippen LogP contribution in [-0.2, 0) is 0 Å². The molecule has 0 unspecified atom stereocenters. The Bertz CT molecular complexity index is 589. The highest BCUT2D eigenvalue weighted by Crippen LogP contribution is 2.20. The lowest BCUT2D eigenvalue weighted by Crippen LogP contribution is -2.29. The minimum atomic E-state index is -0.131. The molecule has 21 heavy (non-hydrogen) atoms. The molecule has 3 rings (SSSR count). The zero-order chi connectivity index (χ0) is 14.5. The highest BCUT2D eigenvalue weighted by atomic mass is 16.1. The molecule has 1 aliphatic rings. The van der Waals surface area contributed by atoms with Gasteiger partial charge in [-0.2, -0.15) is 0 Å². The molecular formula is C17H19N3O. The van der Waals surface area contributed by atoms with Crippen molar-refractivity contribution >= 4 is 17.4 Å². The summed E-state index contributed by atoms with van der Waals surface area (Å²) in [4.78, 5) is 18.7. The van der Waals surface area contributed by atoms with Gasteiger partial charge in [0.25, 0.3) is 5.91 Å². The molecule has 2 aromatic rings. The van der Waals surface area contributed by atoms with Crippen molar-refractivity contribution in [3.8, 4) is 0 Å². The van der Waals surface area contributed by atoms with Crippen molar-refractivity contribution in [2.24, 2.45) is 0 Å². The molecule has 1 amide bonds. The number of aromatic nitrogens is 1. The van der Waals surface area contributed by atoms with Crippen LogP contribution in [0.5, 0.6) is 0 Å². The van der Waals surface area contributed by atoms with Gasteiger partial charge in [0.1, 0.15) is 5.82 Å². The molecule has 108 valence electrons. The first-order chi connectivity index (χ1) is 10.3. The molecular weight excluding hydrogens is 262 g/mol. The number of rotatable bonds is 3. The van der Waals surface area contributed by atoms with Crippen molar-refractivity contribution in [1.29, 1.82) is 0 Å². The maximum Gasteiger partial charge on any atom is 0.256 e. The van der Waals surface area contributed by atoms with Crippen LogP contribution >= 0.6 is 0 Å². The molecule has 1 aromatic carbocycles. The zero-order valence-corrected chi connectivity index (χ0v) is 12.0. The standard InChI is InChI=1S/C17H19N3O/c21-17(14-7-3-1-4-8-14)19-16-10-9-15(13-18-16)20-11-5-2-6-12-20/h1,3-4,7-10,13H,2,5-6,11-12H2,(H,18,19,21). The van der Waals surface area contributed by atoms with Crippen LogP contribution in [0, 0.1) is 0 Å². The van der Waals surface area contributed by atoms with E-state index in [0.29, 0.717) is 11.4 Å². The fourth-order valence-electron chi connectivity index (χ4n) is 2.58. The molecule has 1 fully saturated rings. The number of carbonyl (C=O) groups excluding carboxylic acids is 1. The van der Waals surface area contributed by atoms with E-state index in [4.69, 9.17) is 0 Å². The molecule has 1 saturated heterocycles.